The predicted octanol–water partition coefficient (Wildman–Crippen LogP) is 4.96. The fourth-order valence-electron chi connectivity index (χ4n) is 4.35. The van der Waals surface area contributed by atoms with Crippen LogP contribution >= 0.6 is 0 Å². The van der Waals surface area contributed by atoms with Crippen LogP contribution < -0.4 is 14.2 Å². The summed E-state index contributed by atoms with van der Waals surface area (Å²) in [6.07, 6.45) is 0.229. The summed E-state index contributed by atoms with van der Waals surface area (Å²) < 4.78 is 17.5. The quantitative estimate of drug-likeness (QED) is 0.651. The second kappa shape index (κ2) is 7.54. The molecule has 2 aliphatic rings. The number of para-hydroxylation sites is 1. The monoisotopic (exact) mass is 416 g/mol. The normalized spacial score (nSPS) is 19.2. The molecule has 2 aliphatic heterocycles. The number of rotatable bonds is 4. The summed E-state index contributed by atoms with van der Waals surface area (Å²) in [4.78, 5) is 0. The van der Waals surface area contributed by atoms with Crippen molar-refractivity contribution in [1.82, 2.24) is 5.01 Å². The summed E-state index contributed by atoms with van der Waals surface area (Å²) in [6.45, 7) is 2.07. The molecular weight excluding hydrogens is 392 g/mol. The Bertz CT molecular complexity index is 1170. The number of fused-ring (bicyclic) bond motifs is 3. The molecule has 0 saturated heterocycles. The lowest BCUT2D eigenvalue weighted by atomic mass is 9.94. The third kappa shape index (κ3) is 3.15. The fourth-order valence-corrected chi connectivity index (χ4v) is 4.35. The van der Waals surface area contributed by atoms with Crippen LogP contribution in [0.15, 0.2) is 65.8 Å². The van der Waals surface area contributed by atoms with Gasteiger partial charge in [0, 0.05) is 23.1 Å². The van der Waals surface area contributed by atoms with E-state index in [9.17, 15) is 5.11 Å². The van der Waals surface area contributed by atoms with Crippen molar-refractivity contribution in [3.8, 4) is 23.0 Å². The average molecular weight is 416 g/mol. The molecule has 2 heterocycles. The topological polar surface area (TPSA) is 63.5 Å². The van der Waals surface area contributed by atoms with Crippen molar-refractivity contribution < 1.29 is 19.3 Å². The molecule has 0 saturated carbocycles. The Labute approximate surface area is 181 Å². The van der Waals surface area contributed by atoms with Gasteiger partial charge in [-0.1, -0.05) is 36.4 Å². The number of phenolic OH excluding ortho intramolecular Hbond substituents is 1. The molecule has 0 aromatic heterocycles. The minimum atomic E-state index is -0.403. The Kier molecular flexibility index (Phi) is 4.70. The number of hydrogen-bond donors (Lipinski definition) is 1. The largest absolute Gasteiger partial charge is 0.507 e. The van der Waals surface area contributed by atoms with Crippen LogP contribution in [0.3, 0.4) is 0 Å². The van der Waals surface area contributed by atoms with E-state index in [1.54, 1.807) is 26.4 Å². The average Bonchev–Trinajstić information content (AvgIpc) is 3.24. The van der Waals surface area contributed by atoms with E-state index in [0.717, 1.165) is 28.2 Å². The highest BCUT2D eigenvalue weighted by molar-refractivity contribution is 6.04. The second-order valence-electron chi connectivity index (χ2n) is 7.74. The van der Waals surface area contributed by atoms with E-state index in [1.165, 1.54) is 0 Å². The van der Waals surface area contributed by atoms with Gasteiger partial charge in [0.1, 0.15) is 11.5 Å². The summed E-state index contributed by atoms with van der Waals surface area (Å²) in [5, 5.41) is 17.5. The molecule has 0 fully saturated rings. The van der Waals surface area contributed by atoms with Gasteiger partial charge in [-0.15, -0.1) is 0 Å². The summed E-state index contributed by atoms with van der Waals surface area (Å²) >= 11 is 0. The lowest BCUT2D eigenvalue weighted by Crippen LogP contribution is -2.34. The Morgan fingerprint density at radius 3 is 2.58 bits per heavy atom. The molecule has 1 N–H and O–H groups in total. The summed E-state index contributed by atoms with van der Waals surface area (Å²) in [5.41, 5.74) is 4.65. The van der Waals surface area contributed by atoms with Crippen LogP contribution in [0.4, 0.5) is 0 Å². The Morgan fingerprint density at radius 2 is 1.81 bits per heavy atom. The summed E-state index contributed by atoms with van der Waals surface area (Å²) in [6, 6.07) is 19.2. The SMILES string of the molecule is COc1ccc(O)c(C2=NN3[C@@H](C2)c2cccc(OC)c2O[C@H]3c2ccccc2C)c1. The Balaban J connectivity index is 1.65. The van der Waals surface area contributed by atoms with Crippen LogP contribution in [-0.2, 0) is 0 Å². The fraction of sp³-hybridized carbons (Fsp3) is 0.240. The van der Waals surface area contributed by atoms with Gasteiger partial charge in [-0.2, -0.15) is 5.10 Å². The lowest BCUT2D eigenvalue weighted by Gasteiger charge is -2.39. The Hall–Kier alpha value is -3.67. The molecule has 158 valence electrons. The van der Waals surface area contributed by atoms with Gasteiger partial charge >= 0.3 is 0 Å². The van der Waals surface area contributed by atoms with Crippen molar-refractivity contribution in [1.29, 1.82) is 0 Å². The number of aromatic hydroxyl groups is 1. The number of ether oxygens (including phenoxy) is 3. The second-order valence-corrected chi connectivity index (χ2v) is 7.74. The van der Waals surface area contributed by atoms with Crippen LogP contribution in [-0.4, -0.2) is 30.0 Å². The minimum Gasteiger partial charge on any atom is -0.507 e. The maximum atomic E-state index is 10.5. The maximum absolute atomic E-state index is 10.5. The van der Waals surface area contributed by atoms with Gasteiger partial charge in [-0.05, 0) is 36.8 Å². The third-order valence-corrected chi connectivity index (χ3v) is 5.97. The number of nitrogens with zero attached hydrogens (tertiary/aromatic N) is 2. The van der Waals surface area contributed by atoms with E-state index in [-0.39, 0.29) is 11.8 Å². The Morgan fingerprint density at radius 1 is 1.00 bits per heavy atom. The number of aryl methyl sites for hydroxylation is 1. The van der Waals surface area contributed by atoms with Crippen LogP contribution in [0.5, 0.6) is 23.0 Å². The highest BCUT2D eigenvalue weighted by atomic mass is 16.5. The molecule has 0 unspecified atom stereocenters. The molecular formula is C25H24N2O4. The smallest absolute Gasteiger partial charge is 0.214 e. The molecule has 0 amide bonds. The number of hydrazone groups is 1. The van der Waals surface area contributed by atoms with E-state index in [1.807, 2.05) is 41.4 Å². The third-order valence-electron chi connectivity index (χ3n) is 5.97. The van der Waals surface area contributed by atoms with Crippen molar-refractivity contribution in [3.63, 3.8) is 0 Å². The van der Waals surface area contributed by atoms with Gasteiger partial charge in [-0.3, -0.25) is 0 Å². The summed E-state index contributed by atoms with van der Waals surface area (Å²) in [7, 11) is 3.26. The molecule has 0 aliphatic carbocycles. The standard InChI is InChI=1S/C25H24N2O4/c1-15-7-4-5-8-17(15)25-27-21(18-9-6-10-23(30-3)24(18)31-25)14-20(26-27)19-13-16(29-2)11-12-22(19)28/h4-13,21,25,28H,14H2,1-3H3/t21-,25-/m0/s1. The highest BCUT2D eigenvalue weighted by Crippen LogP contribution is 2.51. The molecule has 0 bridgehead atoms. The van der Waals surface area contributed by atoms with E-state index in [4.69, 9.17) is 19.3 Å². The van der Waals surface area contributed by atoms with Gasteiger partial charge in [0.05, 0.1) is 26.0 Å². The zero-order valence-corrected chi connectivity index (χ0v) is 17.7. The van der Waals surface area contributed by atoms with Gasteiger partial charge in [0.25, 0.3) is 0 Å². The molecule has 0 radical (unpaired) electrons. The van der Waals surface area contributed by atoms with Crippen molar-refractivity contribution in [2.24, 2.45) is 5.10 Å². The molecule has 3 aromatic carbocycles. The molecule has 6 heteroatoms. The number of benzene rings is 3. The zero-order valence-electron chi connectivity index (χ0n) is 17.7. The predicted molar refractivity (Wildman–Crippen MR) is 118 cm³/mol. The lowest BCUT2D eigenvalue weighted by molar-refractivity contribution is -0.0212. The van der Waals surface area contributed by atoms with E-state index >= 15 is 0 Å². The summed E-state index contributed by atoms with van der Waals surface area (Å²) in [5.74, 6) is 2.30. The molecule has 6 nitrogen and oxygen atoms in total. The first-order valence-electron chi connectivity index (χ1n) is 10.2. The van der Waals surface area contributed by atoms with Gasteiger partial charge in [-0.25, -0.2) is 5.01 Å². The van der Waals surface area contributed by atoms with Crippen molar-refractivity contribution in [3.05, 3.63) is 82.9 Å². The van der Waals surface area contributed by atoms with E-state index < -0.39 is 6.23 Å². The van der Waals surface area contributed by atoms with Gasteiger partial charge < -0.3 is 19.3 Å². The first-order chi connectivity index (χ1) is 15.1. The van der Waals surface area contributed by atoms with Crippen LogP contribution in [0.25, 0.3) is 0 Å². The maximum Gasteiger partial charge on any atom is 0.214 e. The van der Waals surface area contributed by atoms with Crippen molar-refractivity contribution in [2.45, 2.75) is 25.6 Å². The zero-order chi connectivity index (χ0) is 21.5. The van der Waals surface area contributed by atoms with Crippen LogP contribution in [0, 0.1) is 6.92 Å². The van der Waals surface area contributed by atoms with Crippen LogP contribution in [0.2, 0.25) is 0 Å². The molecule has 3 aromatic rings. The molecule has 31 heavy (non-hydrogen) atoms. The van der Waals surface area contributed by atoms with E-state index in [2.05, 4.69) is 19.1 Å². The van der Waals surface area contributed by atoms with Gasteiger partial charge in [0.15, 0.2) is 11.5 Å². The van der Waals surface area contributed by atoms with Crippen molar-refractivity contribution in [2.75, 3.05) is 14.2 Å². The van der Waals surface area contributed by atoms with E-state index in [0.29, 0.717) is 23.5 Å². The molecule has 5 rings (SSSR count). The van der Waals surface area contributed by atoms with Gasteiger partial charge in [0.2, 0.25) is 6.23 Å². The number of hydrogen-bond acceptors (Lipinski definition) is 6. The number of phenols is 1. The first-order valence-corrected chi connectivity index (χ1v) is 10.2. The van der Waals surface area contributed by atoms with Crippen LogP contribution in [0.1, 0.15) is 40.9 Å². The minimum absolute atomic E-state index is 0.0379. The first kappa shape index (κ1) is 19.3. The van der Waals surface area contributed by atoms with Crippen molar-refractivity contribution >= 4 is 5.71 Å². The molecule has 0 spiro atoms. The molecule has 2 atom stereocenters. The number of methoxy groups -OCH3 is 2. The highest BCUT2D eigenvalue weighted by Gasteiger charge is 2.42.